The van der Waals surface area contributed by atoms with Crippen LogP contribution < -0.4 is 10.1 Å². The molecule has 1 aliphatic carbocycles. The molecule has 0 radical (unpaired) electrons. The summed E-state index contributed by atoms with van der Waals surface area (Å²) in [4.78, 5) is 27.8. The summed E-state index contributed by atoms with van der Waals surface area (Å²) in [5, 5.41) is 7.43. The number of ether oxygens (including phenoxy) is 2. The Morgan fingerprint density at radius 1 is 1.13 bits per heavy atom. The predicted octanol–water partition coefficient (Wildman–Crippen LogP) is 2.59. The first-order valence-electron chi connectivity index (χ1n) is 11.0. The number of nitrogens with one attached hydrogen (secondary N) is 1. The zero-order chi connectivity index (χ0) is 21.7. The highest BCUT2D eigenvalue weighted by molar-refractivity contribution is 5.99. The summed E-state index contributed by atoms with van der Waals surface area (Å²) in [6.07, 6.45) is 6.39. The second kappa shape index (κ2) is 9.51. The van der Waals surface area contributed by atoms with E-state index >= 15 is 0 Å². The standard InChI is InChI=1S/C23H30N4O4/c1-30-19-8-4-3-7-18(19)23(10-5-2-6-11-23)22(29)24-20-9-12-27(25-20)17-21(28)26-13-15-31-16-14-26/h3-4,7-9,12H,2,5-6,10-11,13-17H2,1H3,(H,24,25,29). The molecule has 2 aromatic rings. The van der Waals surface area contributed by atoms with Gasteiger partial charge in [-0.3, -0.25) is 14.3 Å². The maximum Gasteiger partial charge on any atom is 0.244 e. The van der Waals surface area contributed by atoms with Crippen molar-refractivity contribution in [2.24, 2.45) is 0 Å². The third-order valence-corrected chi connectivity index (χ3v) is 6.31. The van der Waals surface area contributed by atoms with Gasteiger partial charge in [0.15, 0.2) is 5.82 Å². The number of rotatable bonds is 6. The highest BCUT2D eigenvalue weighted by atomic mass is 16.5. The van der Waals surface area contributed by atoms with E-state index in [1.807, 2.05) is 24.3 Å². The second-order valence-electron chi connectivity index (χ2n) is 8.19. The van der Waals surface area contributed by atoms with E-state index in [-0.39, 0.29) is 18.4 Å². The van der Waals surface area contributed by atoms with Crippen molar-refractivity contribution in [3.8, 4) is 5.75 Å². The van der Waals surface area contributed by atoms with Gasteiger partial charge in [0.1, 0.15) is 12.3 Å². The lowest BCUT2D eigenvalue weighted by Gasteiger charge is -2.36. The number of benzene rings is 1. The third-order valence-electron chi connectivity index (χ3n) is 6.31. The van der Waals surface area contributed by atoms with Crippen LogP contribution in [0.15, 0.2) is 36.5 Å². The van der Waals surface area contributed by atoms with E-state index in [0.717, 1.165) is 43.4 Å². The van der Waals surface area contributed by atoms with Crippen LogP contribution in [0.1, 0.15) is 37.7 Å². The molecule has 8 heteroatoms. The van der Waals surface area contributed by atoms with Gasteiger partial charge in [0.25, 0.3) is 0 Å². The average Bonchev–Trinajstić information content (AvgIpc) is 3.26. The molecule has 2 amide bonds. The minimum atomic E-state index is -0.641. The lowest BCUT2D eigenvalue weighted by molar-refractivity contribution is -0.136. The summed E-state index contributed by atoms with van der Waals surface area (Å²) in [6.45, 7) is 2.48. The number of methoxy groups -OCH3 is 1. The van der Waals surface area contributed by atoms with E-state index in [1.165, 1.54) is 0 Å². The third kappa shape index (κ3) is 4.58. The smallest absolute Gasteiger partial charge is 0.244 e. The van der Waals surface area contributed by atoms with E-state index in [0.29, 0.717) is 32.1 Å². The summed E-state index contributed by atoms with van der Waals surface area (Å²) < 4.78 is 12.4. The van der Waals surface area contributed by atoms with Crippen LogP contribution in [-0.4, -0.2) is 59.9 Å². The molecule has 0 spiro atoms. The van der Waals surface area contributed by atoms with Crippen molar-refractivity contribution in [1.82, 2.24) is 14.7 Å². The van der Waals surface area contributed by atoms with E-state index in [2.05, 4.69) is 10.4 Å². The molecular formula is C23H30N4O4. The molecule has 1 saturated heterocycles. The number of hydrogen-bond donors (Lipinski definition) is 1. The van der Waals surface area contributed by atoms with Crippen molar-refractivity contribution in [3.05, 3.63) is 42.1 Å². The highest BCUT2D eigenvalue weighted by Crippen LogP contribution is 2.44. The topological polar surface area (TPSA) is 85.7 Å². The van der Waals surface area contributed by atoms with Crippen LogP contribution in [0.2, 0.25) is 0 Å². The first-order chi connectivity index (χ1) is 15.1. The minimum absolute atomic E-state index is 0.00190. The molecule has 2 aliphatic rings. The summed E-state index contributed by atoms with van der Waals surface area (Å²) in [5.74, 6) is 1.13. The number of amides is 2. The Bertz CT molecular complexity index is 914. The highest BCUT2D eigenvalue weighted by Gasteiger charge is 2.43. The van der Waals surface area contributed by atoms with Gasteiger partial charge in [-0.2, -0.15) is 5.10 Å². The normalized spacial score (nSPS) is 18.4. The van der Waals surface area contributed by atoms with Gasteiger partial charge >= 0.3 is 0 Å². The molecule has 0 atom stereocenters. The van der Waals surface area contributed by atoms with Crippen molar-refractivity contribution in [3.63, 3.8) is 0 Å². The molecular weight excluding hydrogens is 396 g/mol. The zero-order valence-electron chi connectivity index (χ0n) is 18.0. The maximum atomic E-state index is 13.5. The molecule has 0 bridgehead atoms. The Balaban J connectivity index is 1.49. The predicted molar refractivity (Wildman–Crippen MR) is 116 cm³/mol. The summed E-state index contributed by atoms with van der Waals surface area (Å²) >= 11 is 0. The lowest BCUT2D eigenvalue weighted by atomic mass is 9.68. The van der Waals surface area contributed by atoms with Gasteiger partial charge in [0, 0.05) is 30.9 Å². The molecule has 4 rings (SSSR count). The molecule has 1 saturated carbocycles. The quantitative estimate of drug-likeness (QED) is 0.767. The van der Waals surface area contributed by atoms with Crippen molar-refractivity contribution < 1.29 is 19.1 Å². The van der Waals surface area contributed by atoms with Crippen LogP contribution in [0.4, 0.5) is 5.82 Å². The number of carbonyl (C=O) groups is 2. The van der Waals surface area contributed by atoms with E-state index < -0.39 is 5.41 Å². The first kappa shape index (κ1) is 21.4. The summed E-state index contributed by atoms with van der Waals surface area (Å²) in [7, 11) is 1.64. The molecule has 2 heterocycles. The summed E-state index contributed by atoms with van der Waals surface area (Å²) in [5.41, 5.74) is 0.287. The fourth-order valence-electron chi connectivity index (χ4n) is 4.62. The first-order valence-corrected chi connectivity index (χ1v) is 11.0. The minimum Gasteiger partial charge on any atom is -0.496 e. The number of anilines is 1. The number of para-hydroxylation sites is 1. The Kier molecular flexibility index (Phi) is 6.56. The molecule has 1 N–H and O–H groups in total. The van der Waals surface area contributed by atoms with Gasteiger partial charge in [-0.1, -0.05) is 37.5 Å². The van der Waals surface area contributed by atoms with Crippen LogP contribution in [0.5, 0.6) is 5.75 Å². The van der Waals surface area contributed by atoms with Crippen molar-refractivity contribution in [2.45, 2.75) is 44.1 Å². The fraction of sp³-hybridized carbons (Fsp3) is 0.522. The number of hydrogen-bond acceptors (Lipinski definition) is 5. The molecule has 8 nitrogen and oxygen atoms in total. The number of aromatic nitrogens is 2. The zero-order valence-corrected chi connectivity index (χ0v) is 18.0. The fourth-order valence-corrected chi connectivity index (χ4v) is 4.62. The number of nitrogens with zero attached hydrogens (tertiary/aromatic N) is 3. The van der Waals surface area contributed by atoms with Gasteiger partial charge in [-0.15, -0.1) is 0 Å². The Labute approximate surface area is 182 Å². The summed E-state index contributed by atoms with van der Waals surface area (Å²) in [6, 6.07) is 9.51. The van der Waals surface area contributed by atoms with Crippen LogP contribution >= 0.6 is 0 Å². The Morgan fingerprint density at radius 2 is 1.87 bits per heavy atom. The van der Waals surface area contributed by atoms with Gasteiger partial charge < -0.3 is 19.7 Å². The molecule has 166 valence electrons. The lowest BCUT2D eigenvalue weighted by Crippen LogP contribution is -2.42. The van der Waals surface area contributed by atoms with Gasteiger partial charge in [0.05, 0.1) is 25.7 Å². The molecule has 2 fully saturated rings. The van der Waals surface area contributed by atoms with E-state index in [4.69, 9.17) is 9.47 Å². The monoisotopic (exact) mass is 426 g/mol. The van der Waals surface area contributed by atoms with Crippen LogP contribution in [0.25, 0.3) is 0 Å². The Morgan fingerprint density at radius 3 is 2.61 bits per heavy atom. The molecule has 31 heavy (non-hydrogen) atoms. The largest absolute Gasteiger partial charge is 0.496 e. The molecule has 1 aromatic carbocycles. The van der Waals surface area contributed by atoms with Crippen LogP contribution in [0, 0.1) is 0 Å². The molecule has 1 aromatic heterocycles. The van der Waals surface area contributed by atoms with Crippen LogP contribution in [0.3, 0.4) is 0 Å². The van der Waals surface area contributed by atoms with Crippen molar-refractivity contribution in [1.29, 1.82) is 0 Å². The SMILES string of the molecule is COc1ccccc1C1(C(=O)Nc2ccn(CC(=O)N3CCOCC3)n2)CCCCC1. The van der Waals surface area contributed by atoms with E-state index in [9.17, 15) is 9.59 Å². The molecule has 1 aliphatic heterocycles. The number of morpholine rings is 1. The van der Waals surface area contributed by atoms with Crippen molar-refractivity contribution >= 4 is 17.6 Å². The maximum absolute atomic E-state index is 13.5. The second-order valence-corrected chi connectivity index (χ2v) is 8.19. The average molecular weight is 427 g/mol. The van der Waals surface area contributed by atoms with E-state index in [1.54, 1.807) is 29.0 Å². The molecule has 0 unspecified atom stereocenters. The van der Waals surface area contributed by atoms with Gasteiger partial charge in [-0.25, -0.2) is 0 Å². The van der Waals surface area contributed by atoms with Crippen molar-refractivity contribution in [2.75, 3.05) is 38.7 Å². The Hall–Kier alpha value is -2.87. The van der Waals surface area contributed by atoms with Crippen LogP contribution in [-0.2, 0) is 26.3 Å². The number of carbonyl (C=O) groups excluding carboxylic acids is 2. The van der Waals surface area contributed by atoms with Gasteiger partial charge in [-0.05, 0) is 18.9 Å². The van der Waals surface area contributed by atoms with Gasteiger partial charge in [0.2, 0.25) is 11.8 Å².